The Kier molecular flexibility index (Phi) is 5.02. The fourth-order valence-electron chi connectivity index (χ4n) is 1.46. The summed E-state index contributed by atoms with van der Waals surface area (Å²) in [6.45, 7) is 0. The summed E-state index contributed by atoms with van der Waals surface area (Å²) in [6.07, 6.45) is 2.47. The number of carbonyl (C=O) groups is 1. The molecule has 1 heterocycles. The first-order chi connectivity index (χ1) is 10.6. The van der Waals surface area contributed by atoms with Crippen LogP contribution in [0.5, 0.6) is 5.75 Å². The normalized spacial score (nSPS) is 10.5. The van der Waals surface area contributed by atoms with Crippen molar-refractivity contribution in [3.05, 3.63) is 54.1 Å². The highest BCUT2D eigenvalue weighted by Crippen LogP contribution is 2.14. The predicted octanol–water partition coefficient (Wildman–Crippen LogP) is 2.73. The molecule has 114 valence electrons. The van der Waals surface area contributed by atoms with Gasteiger partial charge >= 0.3 is 6.09 Å². The highest BCUT2D eigenvalue weighted by molar-refractivity contribution is 5.83. The lowest BCUT2D eigenvalue weighted by Crippen LogP contribution is -2.25. The molecule has 22 heavy (non-hydrogen) atoms. The zero-order chi connectivity index (χ0) is 15.9. The second-order valence-electron chi connectivity index (χ2n) is 4.53. The van der Waals surface area contributed by atoms with Crippen LogP contribution in [-0.4, -0.2) is 36.3 Å². The summed E-state index contributed by atoms with van der Waals surface area (Å²) in [5.74, 6) is -0.0250. The molecule has 0 radical (unpaired) electrons. The van der Waals surface area contributed by atoms with Gasteiger partial charge in [-0.05, 0) is 36.4 Å². The third kappa shape index (κ3) is 4.27. The monoisotopic (exact) mass is 302 g/mol. The van der Waals surface area contributed by atoms with Crippen molar-refractivity contribution in [3.63, 3.8) is 0 Å². The van der Waals surface area contributed by atoms with E-state index in [0.29, 0.717) is 17.1 Å². The van der Waals surface area contributed by atoms with E-state index in [9.17, 15) is 9.18 Å². The number of amides is 1. The van der Waals surface area contributed by atoms with Crippen molar-refractivity contribution in [2.45, 2.75) is 0 Å². The summed E-state index contributed by atoms with van der Waals surface area (Å²) >= 11 is 0. The average Bonchev–Trinajstić information content (AvgIpc) is 2.51. The van der Waals surface area contributed by atoms with Crippen molar-refractivity contribution in [3.8, 4) is 5.75 Å². The fourth-order valence-corrected chi connectivity index (χ4v) is 1.46. The van der Waals surface area contributed by atoms with Gasteiger partial charge in [0.2, 0.25) is 0 Å². The van der Waals surface area contributed by atoms with E-state index in [2.05, 4.69) is 15.5 Å². The van der Waals surface area contributed by atoms with Gasteiger partial charge in [-0.3, -0.25) is 10.4 Å². The fraction of sp³-hybridized carbons (Fsp3) is 0.133. The first-order valence-electron chi connectivity index (χ1n) is 6.45. The lowest BCUT2D eigenvalue weighted by Gasteiger charge is -2.11. The number of ether oxygens (including phenoxy) is 1. The molecule has 7 heteroatoms. The maximum atomic E-state index is 12.8. The molecule has 1 aromatic heterocycles. The molecule has 1 N–H and O–H groups in total. The van der Waals surface area contributed by atoms with Crippen molar-refractivity contribution < 1.29 is 13.9 Å². The summed E-state index contributed by atoms with van der Waals surface area (Å²) in [4.78, 5) is 17.0. The van der Waals surface area contributed by atoms with Gasteiger partial charge in [0.25, 0.3) is 0 Å². The van der Waals surface area contributed by atoms with Gasteiger partial charge in [-0.15, -0.1) is 0 Å². The number of hydrogen-bond donors (Lipinski definition) is 1. The summed E-state index contributed by atoms with van der Waals surface area (Å²) in [5.41, 5.74) is 3.76. The van der Waals surface area contributed by atoms with E-state index in [1.165, 1.54) is 23.2 Å². The molecule has 0 spiro atoms. The first kappa shape index (κ1) is 15.4. The van der Waals surface area contributed by atoms with Gasteiger partial charge in [-0.2, -0.15) is 5.10 Å². The molecule has 0 saturated carbocycles. The number of hydrazone groups is 1. The summed E-state index contributed by atoms with van der Waals surface area (Å²) < 4.78 is 18.0. The quantitative estimate of drug-likeness (QED) is 0.696. The molecular formula is C15H15FN4O2. The minimum Gasteiger partial charge on any atom is -0.408 e. The van der Waals surface area contributed by atoms with Crippen molar-refractivity contribution in [1.29, 1.82) is 0 Å². The van der Waals surface area contributed by atoms with Crippen LogP contribution in [0.4, 0.5) is 14.9 Å². The average molecular weight is 302 g/mol. The molecule has 2 rings (SSSR count). The van der Waals surface area contributed by atoms with E-state index < -0.39 is 6.09 Å². The molecule has 6 nitrogen and oxygen atoms in total. The number of halogens is 1. The van der Waals surface area contributed by atoms with Gasteiger partial charge in [0, 0.05) is 20.3 Å². The van der Waals surface area contributed by atoms with Gasteiger partial charge in [0.1, 0.15) is 11.5 Å². The Balaban J connectivity index is 2.07. The number of benzene rings is 1. The number of nitrogens with one attached hydrogen (secondary N) is 1. The summed E-state index contributed by atoms with van der Waals surface area (Å²) in [6, 6.07) is 9.03. The molecular weight excluding hydrogens is 287 g/mol. The maximum absolute atomic E-state index is 12.8. The number of hydrogen-bond acceptors (Lipinski definition) is 5. The number of anilines is 1. The first-order valence-corrected chi connectivity index (χ1v) is 6.45. The van der Waals surface area contributed by atoms with Crippen molar-refractivity contribution >= 4 is 18.0 Å². The lowest BCUT2D eigenvalue weighted by atomic mass is 10.3. The standard InChI is InChI=1S/C15H15FN4O2/c1-20(2)15(21)22-14-4-3-9-17-13(14)10-18-19-12-7-5-11(16)6-8-12/h3-10,19H,1-2H3. The predicted molar refractivity (Wildman–Crippen MR) is 81.6 cm³/mol. The molecule has 0 aliphatic heterocycles. The number of nitrogens with zero attached hydrogens (tertiary/aromatic N) is 3. The highest BCUT2D eigenvalue weighted by Gasteiger charge is 2.10. The summed E-state index contributed by atoms with van der Waals surface area (Å²) in [5, 5.41) is 3.99. The second-order valence-corrected chi connectivity index (χ2v) is 4.53. The highest BCUT2D eigenvalue weighted by atomic mass is 19.1. The van der Waals surface area contributed by atoms with E-state index in [4.69, 9.17) is 4.74 Å². The number of pyridine rings is 1. The Morgan fingerprint density at radius 2 is 2.05 bits per heavy atom. The molecule has 0 unspecified atom stereocenters. The molecule has 0 fully saturated rings. The molecule has 0 aliphatic rings. The van der Waals surface area contributed by atoms with Crippen molar-refractivity contribution in [2.75, 3.05) is 19.5 Å². The molecule has 0 aliphatic carbocycles. The van der Waals surface area contributed by atoms with Crippen LogP contribution >= 0.6 is 0 Å². The van der Waals surface area contributed by atoms with Gasteiger partial charge in [0.15, 0.2) is 5.75 Å². The number of aromatic nitrogens is 1. The van der Waals surface area contributed by atoms with E-state index in [1.807, 2.05) is 0 Å². The third-order valence-corrected chi connectivity index (χ3v) is 2.59. The van der Waals surface area contributed by atoms with Gasteiger partial charge < -0.3 is 9.64 Å². The van der Waals surface area contributed by atoms with Gasteiger partial charge in [0.05, 0.1) is 11.9 Å². The van der Waals surface area contributed by atoms with Crippen LogP contribution in [-0.2, 0) is 0 Å². The summed E-state index contributed by atoms with van der Waals surface area (Å²) in [7, 11) is 3.17. The topological polar surface area (TPSA) is 66.8 Å². The van der Waals surface area contributed by atoms with Crippen LogP contribution in [0.25, 0.3) is 0 Å². The Hall–Kier alpha value is -2.96. The molecule has 1 amide bonds. The van der Waals surface area contributed by atoms with E-state index >= 15 is 0 Å². The lowest BCUT2D eigenvalue weighted by molar-refractivity contribution is 0.171. The molecule has 0 atom stereocenters. The van der Waals surface area contributed by atoms with Crippen LogP contribution < -0.4 is 10.2 Å². The minimum absolute atomic E-state index is 0.297. The van der Waals surface area contributed by atoms with Gasteiger partial charge in [-0.25, -0.2) is 9.18 Å². The molecule has 2 aromatic rings. The maximum Gasteiger partial charge on any atom is 0.414 e. The van der Waals surface area contributed by atoms with E-state index in [0.717, 1.165) is 0 Å². The second kappa shape index (κ2) is 7.16. The number of rotatable bonds is 4. The van der Waals surface area contributed by atoms with Crippen molar-refractivity contribution in [1.82, 2.24) is 9.88 Å². The van der Waals surface area contributed by atoms with Crippen LogP contribution in [0.1, 0.15) is 5.69 Å². The minimum atomic E-state index is -0.505. The smallest absolute Gasteiger partial charge is 0.408 e. The van der Waals surface area contributed by atoms with Crippen molar-refractivity contribution in [2.24, 2.45) is 5.10 Å². The zero-order valence-corrected chi connectivity index (χ0v) is 12.2. The van der Waals surface area contributed by atoms with E-state index in [1.54, 1.807) is 44.6 Å². The van der Waals surface area contributed by atoms with Crippen LogP contribution in [0.3, 0.4) is 0 Å². The zero-order valence-electron chi connectivity index (χ0n) is 12.2. The Labute approximate surface area is 127 Å². The number of carbonyl (C=O) groups excluding carboxylic acids is 1. The third-order valence-electron chi connectivity index (χ3n) is 2.59. The largest absolute Gasteiger partial charge is 0.414 e. The van der Waals surface area contributed by atoms with Gasteiger partial charge in [-0.1, -0.05) is 0 Å². The van der Waals surface area contributed by atoms with Crippen LogP contribution in [0.2, 0.25) is 0 Å². The van der Waals surface area contributed by atoms with E-state index in [-0.39, 0.29) is 5.82 Å². The Bertz CT molecular complexity index is 671. The molecule has 0 bridgehead atoms. The van der Waals surface area contributed by atoms with Crippen LogP contribution in [0, 0.1) is 5.82 Å². The molecule has 0 saturated heterocycles. The van der Waals surface area contributed by atoms with Crippen LogP contribution in [0.15, 0.2) is 47.7 Å². The SMILES string of the molecule is CN(C)C(=O)Oc1cccnc1C=NNc1ccc(F)cc1. The Morgan fingerprint density at radius 3 is 2.73 bits per heavy atom. The Morgan fingerprint density at radius 1 is 1.32 bits per heavy atom. The molecule has 1 aromatic carbocycles.